The van der Waals surface area contributed by atoms with Crippen LogP contribution >= 0.6 is 11.6 Å². The molecule has 0 spiro atoms. The second kappa shape index (κ2) is 9.16. The molecule has 4 aromatic rings. The summed E-state index contributed by atoms with van der Waals surface area (Å²) in [5.74, 6) is -2.25. The number of aromatic nitrogens is 4. The Morgan fingerprint density at radius 1 is 0.579 bits per heavy atom. The van der Waals surface area contributed by atoms with Gasteiger partial charge in [0.05, 0.1) is 23.5 Å². The van der Waals surface area contributed by atoms with Gasteiger partial charge in [0.2, 0.25) is 11.9 Å². The number of alkyl halides is 6. The molecule has 196 valence electrons. The Bertz CT molecular complexity index is 1430. The highest BCUT2D eigenvalue weighted by atomic mass is 35.5. The van der Waals surface area contributed by atoms with Crippen molar-refractivity contribution in [2.45, 2.75) is 12.4 Å². The van der Waals surface area contributed by atoms with Crippen molar-refractivity contribution in [1.29, 1.82) is 0 Å². The van der Waals surface area contributed by atoms with E-state index < -0.39 is 35.1 Å². The van der Waals surface area contributed by atoms with Crippen molar-refractivity contribution in [3.8, 4) is 0 Å². The summed E-state index contributed by atoms with van der Waals surface area (Å²) in [6, 6.07) is 5.53. The number of halogens is 8. The van der Waals surface area contributed by atoms with Crippen LogP contribution < -0.4 is 21.3 Å². The van der Waals surface area contributed by atoms with E-state index in [4.69, 9.17) is 11.6 Å². The Morgan fingerprint density at radius 2 is 1.00 bits per heavy atom. The zero-order valence-corrected chi connectivity index (χ0v) is 19.2. The van der Waals surface area contributed by atoms with Crippen molar-refractivity contribution in [2.75, 3.05) is 21.3 Å². The normalized spacial score (nSPS) is 13.1. The highest BCUT2D eigenvalue weighted by Gasteiger charge is 2.32. The fraction of sp³-hybridized carbons (Fsp3) is 0.0909. The van der Waals surface area contributed by atoms with Gasteiger partial charge in [-0.2, -0.15) is 36.3 Å². The van der Waals surface area contributed by atoms with Crippen molar-refractivity contribution < 1.29 is 30.7 Å². The van der Waals surface area contributed by atoms with Crippen LogP contribution in [0.15, 0.2) is 48.8 Å². The number of anilines is 8. The third-order valence-corrected chi connectivity index (χ3v) is 5.32. The third kappa shape index (κ3) is 5.46. The van der Waals surface area contributed by atoms with Gasteiger partial charge >= 0.3 is 12.4 Å². The SMILES string of the molecule is Fc1cnc2nc1Nc1cc(cc(C(F)(F)F)c1)Nc1ncc(Cl)c(n1)Nc1cc(cc(C(F)(F)F)c1)N2. The molecule has 3 heterocycles. The average molecular weight is 557 g/mol. The predicted octanol–water partition coefficient (Wildman–Crippen LogP) is 7.38. The molecule has 1 aliphatic heterocycles. The number of hydrogen-bond acceptors (Lipinski definition) is 8. The van der Waals surface area contributed by atoms with Crippen molar-refractivity contribution in [1.82, 2.24) is 19.9 Å². The lowest BCUT2D eigenvalue weighted by atomic mass is 10.1. The van der Waals surface area contributed by atoms with Gasteiger partial charge in [-0.25, -0.2) is 14.4 Å². The fourth-order valence-corrected chi connectivity index (χ4v) is 3.57. The molecule has 8 bridgehead atoms. The summed E-state index contributed by atoms with van der Waals surface area (Å²) in [6.07, 6.45) is -7.69. The van der Waals surface area contributed by atoms with Crippen molar-refractivity contribution in [3.63, 3.8) is 0 Å². The first-order chi connectivity index (χ1) is 17.8. The van der Waals surface area contributed by atoms with E-state index in [-0.39, 0.29) is 45.5 Å². The molecule has 0 unspecified atom stereocenters. The maximum Gasteiger partial charge on any atom is 0.416 e. The zero-order chi connectivity index (χ0) is 27.2. The maximum absolute atomic E-state index is 14.5. The van der Waals surface area contributed by atoms with Crippen LogP contribution in [0.4, 0.5) is 77.0 Å². The number of rotatable bonds is 0. The second-order valence-corrected chi connectivity index (χ2v) is 8.28. The molecular weight excluding hydrogens is 545 g/mol. The average Bonchev–Trinajstić information content (AvgIpc) is 2.81. The number of fused-ring (bicyclic) bond motifs is 8. The van der Waals surface area contributed by atoms with Gasteiger partial charge in [0.1, 0.15) is 5.02 Å². The van der Waals surface area contributed by atoms with Crippen LogP contribution in [-0.2, 0) is 12.4 Å². The topological polar surface area (TPSA) is 99.7 Å². The van der Waals surface area contributed by atoms with Gasteiger partial charge in [-0.1, -0.05) is 11.6 Å². The first kappa shape index (κ1) is 25.3. The van der Waals surface area contributed by atoms with Crippen LogP contribution in [0.2, 0.25) is 5.02 Å². The molecule has 0 amide bonds. The molecule has 0 aliphatic carbocycles. The van der Waals surface area contributed by atoms with E-state index >= 15 is 0 Å². The first-order valence-corrected chi connectivity index (χ1v) is 10.8. The van der Waals surface area contributed by atoms with E-state index in [1.807, 2.05) is 0 Å². The molecule has 0 saturated heterocycles. The molecule has 0 atom stereocenters. The number of benzene rings is 2. The lowest BCUT2D eigenvalue weighted by Crippen LogP contribution is -2.10. The van der Waals surface area contributed by atoms with Crippen LogP contribution in [-0.4, -0.2) is 19.9 Å². The number of nitrogens with zero attached hydrogens (tertiary/aromatic N) is 4. The largest absolute Gasteiger partial charge is 0.416 e. The van der Waals surface area contributed by atoms with Gasteiger partial charge in [0, 0.05) is 22.7 Å². The van der Waals surface area contributed by atoms with E-state index in [9.17, 15) is 30.7 Å². The Morgan fingerprint density at radius 3 is 1.50 bits per heavy atom. The van der Waals surface area contributed by atoms with E-state index in [0.29, 0.717) is 6.20 Å². The molecular formula is C22H12ClF7N8. The van der Waals surface area contributed by atoms with Gasteiger partial charge in [0.25, 0.3) is 0 Å². The Hall–Kier alpha value is -4.40. The highest BCUT2D eigenvalue weighted by Crippen LogP contribution is 2.37. The molecule has 38 heavy (non-hydrogen) atoms. The van der Waals surface area contributed by atoms with E-state index in [2.05, 4.69) is 41.2 Å². The van der Waals surface area contributed by atoms with Crippen molar-refractivity contribution in [2.24, 2.45) is 0 Å². The summed E-state index contributed by atoms with van der Waals surface area (Å²) in [6.45, 7) is 0. The van der Waals surface area contributed by atoms with Crippen molar-refractivity contribution >= 4 is 57.9 Å². The lowest BCUT2D eigenvalue weighted by Gasteiger charge is -2.17. The Kier molecular flexibility index (Phi) is 6.09. The summed E-state index contributed by atoms with van der Waals surface area (Å²) >= 11 is 6.11. The van der Waals surface area contributed by atoms with Crippen LogP contribution in [0.5, 0.6) is 0 Å². The molecule has 2 aromatic carbocycles. The molecule has 2 aromatic heterocycles. The van der Waals surface area contributed by atoms with Gasteiger partial charge < -0.3 is 21.3 Å². The zero-order valence-electron chi connectivity index (χ0n) is 18.4. The third-order valence-electron chi connectivity index (χ3n) is 5.05. The minimum absolute atomic E-state index is 0.0819. The lowest BCUT2D eigenvalue weighted by molar-refractivity contribution is -0.138. The fourth-order valence-electron chi connectivity index (χ4n) is 3.43. The molecule has 0 radical (unpaired) electrons. The smallest absolute Gasteiger partial charge is 0.339 e. The second-order valence-electron chi connectivity index (χ2n) is 7.87. The maximum atomic E-state index is 14.5. The van der Waals surface area contributed by atoms with Crippen molar-refractivity contribution in [3.05, 3.63) is 70.8 Å². The minimum atomic E-state index is -4.77. The molecule has 16 heteroatoms. The van der Waals surface area contributed by atoms with E-state index in [0.717, 1.165) is 30.5 Å². The van der Waals surface area contributed by atoms with Gasteiger partial charge in [0.15, 0.2) is 17.5 Å². The summed E-state index contributed by atoms with van der Waals surface area (Å²) < 4.78 is 96.0. The Labute approximate surface area is 213 Å². The molecule has 5 rings (SSSR count). The summed E-state index contributed by atoms with van der Waals surface area (Å²) in [5, 5.41) is 10.1. The van der Waals surface area contributed by atoms with Gasteiger partial charge in [-0.15, -0.1) is 0 Å². The first-order valence-electron chi connectivity index (χ1n) is 10.4. The van der Waals surface area contributed by atoms with E-state index in [1.165, 1.54) is 12.1 Å². The summed E-state index contributed by atoms with van der Waals surface area (Å²) in [4.78, 5) is 15.6. The quantitative estimate of drug-likeness (QED) is 0.147. The molecule has 4 N–H and O–H groups in total. The van der Waals surface area contributed by atoms with Gasteiger partial charge in [-0.3, -0.25) is 0 Å². The van der Waals surface area contributed by atoms with E-state index in [1.54, 1.807) is 0 Å². The highest BCUT2D eigenvalue weighted by molar-refractivity contribution is 6.32. The predicted molar refractivity (Wildman–Crippen MR) is 125 cm³/mol. The minimum Gasteiger partial charge on any atom is -0.339 e. The van der Waals surface area contributed by atoms with Crippen LogP contribution in [0.25, 0.3) is 0 Å². The Balaban J connectivity index is 1.70. The monoisotopic (exact) mass is 556 g/mol. The standard InChI is InChI=1S/C22H12ClF7N8/c23-15-7-31-19-35-14-4-10(22(28,29)30)2-12(6-14)34-18-16(24)8-32-20(38-18)36-13-3-9(21(25,26)27)1-11(5-13)33-17(15)37-19/h1-8H,(H2,31,33,35,37)(H2,32,34,36,38). The number of nitrogens with one attached hydrogen (secondary N) is 4. The molecule has 0 fully saturated rings. The summed E-state index contributed by atoms with van der Waals surface area (Å²) in [5.41, 5.74) is -2.74. The van der Waals surface area contributed by atoms with Crippen LogP contribution in [0.3, 0.4) is 0 Å². The summed E-state index contributed by atoms with van der Waals surface area (Å²) in [7, 11) is 0. The van der Waals surface area contributed by atoms with Crippen LogP contribution in [0, 0.1) is 5.82 Å². The molecule has 1 aliphatic rings. The molecule has 0 saturated carbocycles. The number of hydrogen-bond donors (Lipinski definition) is 4. The van der Waals surface area contributed by atoms with Gasteiger partial charge in [-0.05, 0) is 36.4 Å². The molecule has 8 nitrogen and oxygen atoms in total. The van der Waals surface area contributed by atoms with Crippen LogP contribution in [0.1, 0.15) is 11.1 Å².